The lowest BCUT2D eigenvalue weighted by Crippen LogP contribution is -2.40. The number of hydrogen-bond acceptors (Lipinski definition) is 5. The Bertz CT molecular complexity index is 585. The van der Waals surface area contributed by atoms with Gasteiger partial charge in [-0.3, -0.25) is 4.90 Å². The van der Waals surface area contributed by atoms with Crippen molar-refractivity contribution in [3.05, 3.63) is 47.6 Å². The van der Waals surface area contributed by atoms with Crippen molar-refractivity contribution in [2.75, 3.05) is 19.7 Å². The van der Waals surface area contributed by atoms with Crippen molar-refractivity contribution >= 4 is 0 Å². The summed E-state index contributed by atoms with van der Waals surface area (Å²) in [6.45, 7) is 6.69. The lowest BCUT2D eigenvalue weighted by molar-refractivity contribution is -0.0469. The highest BCUT2D eigenvalue weighted by Gasteiger charge is 2.28. The van der Waals surface area contributed by atoms with Crippen molar-refractivity contribution in [2.45, 2.75) is 38.8 Å². The van der Waals surface area contributed by atoms with Gasteiger partial charge in [0.2, 0.25) is 5.89 Å². The smallest absolute Gasteiger partial charge is 0.243 e. The second-order valence-electron chi connectivity index (χ2n) is 5.74. The average molecular weight is 301 g/mol. The van der Waals surface area contributed by atoms with Crippen molar-refractivity contribution in [3.63, 3.8) is 0 Å². The first-order valence-electron chi connectivity index (χ1n) is 8.01. The van der Waals surface area contributed by atoms with E-state index < -0.39 is 0 Å². The van der Waals surface area contributed by atoms with Crippen LogP contribution in [0.4, 0.5) is 0 Å². The molecule has 1 aromatic carbocycles. The van der Waals surface area contributed by atoms with E-state index in [0.717, 1.165) is 38.4 Å². The minimum atomic E-state index is 0.107. The monoisotopic (exact) mass is 301 g/mol. The van der Waals surface area contributed by atoms with Crippen molar-refractivity contribution in [1.82, 2.24) is 15.0 Å². The molecule has 1 saturated heterocycles. The molecule has 1 fully saturated rings. The topological polar surface area (TPSA) is 51.4 Å². The summed E-state index contributed by atoms with van der Waals surface area (Å²) in [5.41, 5.74) is 1.22. The van der Waals surface area contributed by atoms with Gasteiger partial charge in [-0.05, 0) is 18.9 Å². The number of hydrogen-bond donors (Lipinski definition) is 0. The van der Waals surface area contributed by atoms with Crippen LogP contribution in [0.15, 0.2) is 34.9 Å². The lowest BCUT2D eigenvalue weighted by Gasteiger charge is -2.35. The highest BCUT2D eigenvalue weighted by atomic mass is 16.5. The molecule has 1 aromatic heterocycles. The SMILES string of the molecule is CCCc1noc([C@@H](C)N2CCO[C@H](c3ccccc3)C2)n1. The number of rotatable bonds is 5. The molecule has 118 valence electrons. The van der Waals surface area contributed by atoms with Crippen molar-refractivity contribution in [3.8, 4) is 0 Å². The van der Waals surface area contributed by atoms with Gasteiger partial charge in [-0.15, -0.1) is 0 Å². The van der Waals surface area contributed by atoms with Gasteiger partial charge in [0.15, 0.2) is 5.82 Å². The average Bonchev–Trinajstić information content (AvgIpc) is 3.04. The van der Waals surface area contributed by atoms with E-state index in [1.807, 2.05) is 6.07 Å². The zero-order valence-electron chi connectivity index (χ0n) is 13.2. The Balaban J connectivity index is 1.68. The molecule has 3 rings (SSSR count). The highest BCUT2D eigenvalue weighted by molar-refractivity contribution is 5.18. The fraction of sp³-hybridized carbons (Fsp3) is 0.529. The van der Waals surface area contributed by atoms with Gasteiger partial charge in [0.05, 0.1) is 18.8 Å². The predicted octanol–water partition coefficient (Wildman–Crippen LogP) is 3.16. The summed E-state index contributed by atoms with van der Waals surface area (Å²) >= 11 is 0. The molecule has 1 aliphatic rings. The Kier molecular flexibility index (Phi) is 4.85. The largest absolute Gasteiger partial charge is 0.371 e. The summed E-state index contributed by atoms with van der Waals surface area (Å²) in [5.74, 6) is 1.51. The number of nitrogens with zero attached hydrogens (tertiary/aromatic N) is 3. The molecule has 22 heavy (non-hydrogen) atoms. The Morgan fingerprint density at radius 3 is 2.91 bits per heavy atom. The number of aromatic nitrogens is 2. The fourth-order valence-corrected chi connectivity index (χ4v) is 2.81. The molecule has 0 saturated carbocycles. The minimum Gasteiger partial charge on any atom is -0.371 e. The molecule has 5 heteroatoms. The Morgan fingerprint density at radius 2 is 2.14 bits per heavy atom. The van der Waals surface area contributed by atoms with Crippen molar-refractivity contribution < 1.29 is 9.26 Å². The van der Waals surface area contributed by atoms with Gasteiger partial charge in [0.1, 0.15) is 0 Å². The van der Waals surface area contributed by atoms with Gasteiger partial charge >= 0.3 is 0 Å². The summed E-state index contributed by atoms with van der Waals surface area (Å²) in [6.07, 6.45) is 2.00. The van der Waals surface area contributed by atoms with Gasteiger partial charge in [-0.25, -0.2) is 0 Å². The Morgan fingerprint density at radius 1 is 1.32 bits per heavy atom. The Hall–Kier alpha value is -1.72. The van der Waals surface area contributed by atoms with Gasteiger partial charge in [0, 0.05) is 19.5 Å². The third-order valence-corrected chi connectivity index (χ3v) is 4.13. The van der Waals surface area contributed by atoms with Gasteiger partial charge in [0.25, 0.3) is 0 Å². The second kappa shape index (κ2) is 7.03. The van der Waals surface area contributed by atoms with Crippen LogP contribution in [0.25, 0.3) is 0 Å². The van der Waals surface area contributed by atoms with Crippen LogP contribution in [0.1, 0.15) is 49.7 Å². The number of ether oxygens (including phenoxy) is 1. The molecule has 0 N–H and O–H groups in total. The van der Waals surface area contributed by atoms with Gasteiger partial charge in [-0.1, -0.05) is 42.4 Å². The summed E-state index contributed by atoms with van der Waals surface area (Å²) in [5, 5.41) is 4.06. The quantitative estimate of drug-likeness (QED) is 0.849. The van der Waals surface area contributed by atoms with Crippen LogP contribution in [0, 0.1) is 0 Å². The number of aryl methyl sites for hydroxylation is 1. The van der Waals surface area contributed by atoms with Crippen molar-refractivity contribution in [2.24, 2.45) is 0 Å². The summed E-state index contributed by atoms with van der Waals surface area (Å²) < 4.78 is 11.3. The maximum atomic E-state index is 5.92. The first kappa shape index (κ1) is 15.2. The maximum absolute atomic E-state index is 5.92. The van der Waals surface area contributed by atoms with Gasteiger partial charge in [-0.2, -0.15) is 4.98 Å². The Labute approximate surface area is 131 Å². The summed E-state index contributed by atoms with van der Waals surface area (Å²) in [7, 11) is 0. The predicted molar refractivity (Wildman–Crippen MR) is 83.4 cm³/mol. The molecular weight excluding hydrogens is 278 g/mol. The molecule has 1 aliphatic heterocycles. The normalized spacial score (nSPS) is 20.9. The van der Waals surface area contributed by atoms with Crippen LogP contribution in [-0.4, -0.2) is 34.7 Å². The third kappa shape index (κ3) is 3.36. The minimum absolute atomic E-state index is 0.107. The molecule has 5 nitrogen and oxygen atoms in total. The van der Waals surface area contributed by atoms with E-state index in [1.165, 1.54) is 5.56 Å². The van der Waals surface area contributed by atoms with E-state index in [2.05, 4.69) is 53.2 Å². The van der Waals surface area contributed by atoms with Crippen LogP contribution in [-0.2, 0) is 11.2 Å². The van der Waals surface area contributed by atoms with Crippen molar-refractivity contribution in [1.29, 1.82) is 0 Å². The summed E-state index contributed by atoms with van der Waals surface area (Å²) in [6, 6.07) is 10.5. The molecular formula is C17H23N3O2. The standard InChI is InChI=1S/C17H23N3O2/c1-3-7-16-18-17(22-19-16)13(2)20-10-11-21-15(12-20)14-8-5-4-6-9-14/h4-6,8-9,13,15H,3,7,10-12H2,1-2H3/t13-,15+/m1/s1. The second-order valence-corrected chi connectivity index (χ2v) is 5.74. The molecule has 0 radical (unpaired) electrons. The molecule has 0 spiro atoms. The molecule has 0 bridgehead atoms. The first-order valence-corrected chi connectivity index (χ1v) is 8.01. The first-order chi connectivity index (χ1) is 10.8. The van der Waals surface area contributed by atoms with E-state index in [9.17, 15) is 0 Å². The molecule has 0 unspecified atom stereocenters. The van der Waals surface area contributed by atoms with Gasteiger partial charge < -0.3 is 9.26 Å². The van der Waals surface area contributed by atoms with Crippen LogP contribution in [0.5, 0.6) is 0 Å². The van der Waals surface area contributed by atoms with Crippen LogP contribution < -0.4 is 0 Å². The zero-order chi connectivity index (χ0) is 15.4. The zero-order valence-corrected chi connectivity index (χ0v) is 13.2. The fourth-order valence-electron chi connectivity index (χ4n) is 2.81. The third-order valence-electron chi connectivity index (χ3n) is 4.13. The van der Waals surface area contributed by atoms with E-state index in [0.29, 0.717) is 5.89 Å². The maximum Gasteiger partial charge on any atom is 0.243 e. The van der Waals surface area contributed by atoms with Crippen LogP contribution in [0.2, 0.25) is 0 Å². The molecule has 0 amide bonds. The van der Waals surface area contributed by atoms with Crippen LogP contribution >= 0.6 is 0 Å². The molecule has 2 aromatic rings. The number of morpholine rings is 1. The number of benzene rings is 1. The van der Waals surface area contributed by atoms with E-state index in [-0.39, 0.29) is 12.1 Å². The lowest BCUT2D eigenvalue weighted by atomic mass is 10.1. The van der Waals surface area contributed by atoms with E-state index >= 15 is 0 Å². The highest BCUT2D eigenvalue weighted by Crippen LogP contribution is 2.27. The van der Waals surface area contributed by atoms with Crippen LogP contribution in [0.3, 0.4) is 0 Å². The van der Waals surface area contributed by atoms with E-state index in [1.54, 1.807) is 0 Å². The molecule has 2 heterocycles. The summed E-state index contributed by atoms with van der Waals surface area (Å²) in [4.78, 5) is 6.86. The molecule has 0 aliphatic carbocycles. The van der Waals surface area contributed by atoms with E-state index in [4.69, 9.17) is 9.26 Å². The molecule has 2 atom stereocenters.